The highest BCUT2D eigenvalue weighted by molar-refractivity contribution is 5.80. The number of aromatic nitrogens is 2. The van der Waals surface area contributed by atoms with Crippen molar-refractivity contribution in [3.05, 3.63) is 30.1 Å². The molecular weight excluding hydrogens is 340 g/mol. The van der Waals surface area contributed by atoms with Crippen molar-refractivity contribution in [1.29, 1.82) is 0 Å². The van der Waals surface area contributed by atoms with Crippen molar-refractivity contribution in [3.8, 4) is 0 Å². The minimum atomic E-state index is -0.213. The van der Waals surface area contributed by atoms with E-state index in [-0.39, 0.29) is 5.91 Å². The number of piperidine rings is 1. The van der Waals surface area contributed by atoms with E-state index in [1.165, 1.54) is 0 Å². The number of carbonyl (C=O) groups is 1. The average Bonchev–Trinajstić information content (AvgIpc) is 3.07. The number of hydrogen-bond acceptors (Lipinski definition) is 3. The summed E-state index contributed by atoms with van der Waals surface area (Å²) in [6.07, 6.45) is 4.41. The number of rotatable bonds is 7. The van der Waals surface area contributed by atoms with Crippen LogP contribution < -0.4 is 11.1 Å². The average molecular weight is 371 g/mol. The van der Waals surface area contributed by atoms with E-state index in [4.69, 9.17) is 10.7 Å². The summed E-state index contributed by atoms with van der Waals surface area (Å²) in [5.41, 5.74) is 7.47. The number of likely N-dealkylation sites (tertiary alicyclic amines) is 1. The van der Waals surface area contributed by atoms with Crippen LogP contribution in [-0.4, -0.2) is 52.9 Å². The molecule has 1 saturated heterocycles. The Balaban J connectivity index is 1.54. The molecule has 0 aliphatic carbocycles. The molecule has 1 unspecified atom stereocenters. The fourth-order valence-electron chi connectivity index (χ4n) is 3.69. The summed E-state index contributed by atoms with van der Waals surface area (Å²) in [5.74, 6) is 2.07. The van der Waals surface area contributed by atoms with E-state index in [9.17, 15) is 4.79 Å². The van der Waals surface area contributed by atoms with Gasteiger partial charge in [0.05, 0.1) is 11.0 Å². The number of aryl methyl sites for hydroxylation is 1. The second-order valence-corrected chi connectivity index (χ2v) is 7.16. The Kier molecular flexibility index (Phi) is 6.68. The first-order chi connectivity index (χ1) is 13.2. The van der Waals surface area contributed by atoms with Crippen molar-refractivity contribution in [2.75, 3.05) is 26.2 Å². The molecule has 27 heavy (non-hydrogen) atoms. The van der Waals surface area contributed by atoms with Gasteiger partial charge in [0.25, 0.3) is 0 Å². The van der Waals surface area contributed by atoms with Gasteiger partial charge in [0.1, 0.15) is 5.82 Å². The number of aliphatic imine (C=N–C) groups is 1. The van der Waals surface area contributed by atoms with Gasteiger partial charge in [-0.15, -0.1) is 0 Å². The number of H-pyrrole nitrogens is 1. The molecule has 0 radical (unpaired) electrons. The number of para-hydroxylation sites is 2. The van der Waals surface area contributed by atoms with Crippen LogP contribution in [0.5, 0.6) is 0 Å². The highest BCUT2D eigenvalue weighted by atomic mass is 16.1. The smallest absolute Gasteiger partial charge is 0.217 e. The fourth-order valence-corrected chi connectivity index (χ4v) is 3.69. The van der Waals surface area contributed by atoms with Gasteiger partial charge >= 0.3 is 0 Å². The largest absolute Gasteiger partial charge is 0.370 e. The maximum absolute atomic E-state index is 11.2. The maximum Gasteiger partial charge on any atom is 0.217 e. The first-order valence-corrected chi connectivity index (χ1v) is 9.91. The first-order valence-electron chi connectivity index (χ1n) is 9.91. The van der Waals surface area contributed by atoms with E-state index in [0.717, 1.165) is 74.7 Å². The number of hydrogen-bond donors (Lipinski definition) is 3. The van der Waals surface area contributed by atoms with Crippen LogP contribution in [0.15, 0.2) is 29.3 Å². The molecule has 1 aliphatic rings. The Morgan fingerprint density at radius 2 is 2.30 bits per heavy atom. The molecule has 0 saturated carbocycles. The minimum absolute atomic E-state index is 0.213. The van der Waals surface area contributed by atoms with Gasteiger partial charge in [-0.3, -0.25) is 9.79 Å². The highest BCUT2D eigenvalue weighted by Gasteiger charge is 2.23. The molecule has 7 nitrogen and oxygen atoms in total. The first kappa shape index (κ1) is 19.2. The standard InChI is InChI=1S/C20H30N6O/c1-2-22-20(26-12-6-7-15(14-26)13-18(21)27)23-11-5-10-19-24-16-8-3-4-9-17(16)25-19/h3-4,8-9,15H,2,5-7,10-14H2,1H3,(H2,21,27)(H,22,23)(H,24,25). The monoisotopic (exact) mass is 370 g/mol. The lowest BCUT2D eigenvalue weighted by Crippen LogP contribution is -2.47. The number of nitrogens with two attached hydrogens (primary N) is 1. The molecule has 1 atom stereocenters. The molecule has 1 aromatic heterocycles. The van der Waals surface area contributed by atoms with Crippen LogP contribution in [0.3, 0.4) is 0 Å². The molecule has 0 spiro atoms. The van der Waals surface area contributed by atoms with Gasteiger partial charge < -0.3 is 20.9 Å². The lowest BCUT2D eigenvalue weighted by atomic mass is 9.95. The van der Waals surface area contributed by atoms with E-state index < -0.39 is 0 Å². The van der Waals surface area contributed by atoms with Gasteiger partial charge in [-0.05, 0) is 44.2 Å². The van der Waals surface area contributed by atoms with Crippen LogP contribution in [0, 0.1) is 5.92 Å². The number of imidazole rings is 1. The van der Waals surface area contributed by atoms with Crippen molar-refractivity contribution in [1.82, 2.24) is 20.2 Å². The van der Waals surface area contributed by atoms with Gasteiger partial charge in [0.15, 0.2) is 5.96 Å². The van der Waals surface area contributed by atoms with Gasteiger partial charge in [-0.1, -0.05) is 12.1 Å². The number of amides is 1. The van der Waals surface area contributed by atoms with Crippen LogP contribution in [0.4, 0.5) is 0 Å². The molecule has 1 aromatic carbocycles. The Bertz CT molecular complexity index is 751. The van der Waals surface area contributed by atoms with Crippen LogP contribution in [-0.2, 0) is 11.2 Å². The predicted octanol–water partition coefficient (Wildman–Crippen LogP) is 2.05. The topological polar surface area (TPSA) is 99.4 Å². The van der Waals surface area contributed by atoms with Crippen molar-refractivity contribution in [2.45, 2.75) is 39.0 Å². The fraction of sp³-hybridized carbons (Fsp3) is 0.550. The van der Waals surface area contributed by atoms with Crippen molar-refractivity contribution >= 4 is 22.9 Å². The number of carbonyl (C=O) groups excluding carboxylic acids is 1. The number of benzene rings is 1. The Morgan fingerprint density at radius 3 is 3.07 bits per heavy atom. The Morgan fingerprint density at radius 1 is 1.44 bits per heavy atom. The maximum atomic E-state index is 11.2. The van der Waals surface area contributed by atoms with Gasteiger partial charge in [-0.2, -0.15) is 0 Å². The zero-order valence-electron chi connectivity index (χ0n) is 16.1. The second kappa shape index (κ2) is 9.39. The summed E-state index contributed by atoms with van der Waals surface area (Å²) < 4.78 is 0. The molecule has 3 rings (SSSR count). The molecule has 7 heteroatoms. The number of primary amides is 1. The molecule has 1 aliphatic heterocycles. The van der Waals surface area contributed by atoms with E-state index in [1.54, 1.807) is 0 Å². The zero-order valence-corrected chi connectivity index (χ0v) is 16.1. The number of nitrogens with zero attached hydrogens (tertiary/aromatic N) is 3. The summed E-state index contributed by atoms with van der Waals surface area (Å²) in [6.45, 7) is 5.48. The Hall–Kier alpha value is -2.57. The van der Waals surface area contributed by atoms with Crippen LogP contribution in [0.2, 0.25) is 0 Å². The lowest BCUT2D eigenvalue weighted by molar-refractivity contribution is -0.119. The zero-order chi connectivity index (χ0) is 19.1. The van der Waals surface area contributed by atoms with Crippen LogP contribution >= 0.6 is 0 Å². The number of fused-ring (bicyclic) bond motifs is 1. The van der Waals surface area contributed by atoms with Gasteiger partial charge in [0, 0.05) is 39.0 Å². The number of aromatic amines is 1. The third-order valence-electron chi connectivity index (χ3n) is 4.91. The molecule has 2 aromatic rings. The van der Waals surface area contributed by atoms with Gasteiger partial charge in [-0.25, -0.2) is 4.98 Å². The summed E-state index contributed by atoms with van der Waals surface area (Å²) in [4.78, 5) is 26.3. The van der Waals surface area contributed by atoms with E-state index >= 15 is 0 Å². The SMILES string of the molecule is CCNC(=NCCCc1nc2ccccc2[nH]1)N1CCCC(CC(N)=O)C1. The van der Waals surface area contributed by atoms with Crippen molar-refractivity contribution in [3.63, 3.8) is 0 Å². The number of nitrogens with one attached hydrogen (secondary N) is 2. The summed E-state index contributed by atoms with van der Waals surface area (Å²) in [6, 6.07) is 8.09. The van der Waals surface area contributed by atoms with Crippen LogP contribution in [0.25, 0.3) is 11.0 Å². The van der Waals surface area contributed by atoms with E-state index in [0.29, 0.717) is 12.3 Å². The predicted molar refractivity (Wildman–Crippen MR) is 109 cm³/mol. The summed E-state index contributed by atoms with van der Waals surface area (Å²) in [7, 11) is 0. The molecule has 1 amide bonds. The summed E-state index contributed by atoms with van der Waals surface area (Å²) >= 11 is 0. The van der Waals surface area contributed by atoms with E-state index in [1.807, 2.05) is 24.3 Å². The summed E-state index contributed by atoms with van der Waals surface area (Å²) in [5, 5.41) is 3.38. The molecule has 4 N–H and O–H groups in total. The molecule has 0 bridgehead atoms. The van der Waals surface area contributed by atoms with Crippen molar-refractivity contribution in [2.24, 2.45) is 16.6 Å². The molecule has 2 heterocycles. The second-order valence-electron chi connectivity index (χ2n) is 7.16. The van der Waals surface area contributed by atoms with Crippen molar-refractivity contribution < 1.29 is 4.79 Å². The minimum Gasteiger partial charge on any atom is -0.370 e. The molecular formula is C20H30N6O. The Labute approximate surface area is 160 Å². The molecule has 146 valence electrons. The third kappa shape index (κ3) is 5.45. The van der Waals surface area contributed by atoms with Crippen LogP contribution in [0.1, 0.15) is 38.4 Å². The lowest BCUT2D eigenvalue weighted by Gasteiger charge is -2.34. The quantitative estimate of drug-likeness (QED) is 0.394. The van der Waals surface area contributed by atoms with Gasteiger partial charge in [0.2, 0.25) is 5.91 Å². The molecule has 1 fully saturated rings. The third-order valence-corrected chi connectivity index (χ3v) is 4.91. The van der Waals surface area contributed by atoms with E-state index in [2.05, 4.69) is 27.1 Å². The highest BCUT2D eigenvalue weighted by Crippen LogP contribution is 2.19. The normalized spacial score (nSPS) is 18.0. The number of guanidine groups is 1.